The first-order chi connectivity index (χ1) is 8.97. The normalized spacial score (nSPS) is 13.4. The highest BCUT2D eigenvalue weighted by atomic mass is 16.6. The van der Waals surface area contributed by atoms with Crippen molar-refractivity contribution in [3.05, 3.63) is 46.0 Å². The summed E-state index contributed by atoms with van der Waals surface area (Å²) >= 11 is 0. The number of nitro groups is 1. The number of methoxy groups -OCH3 is 1. The monoisotopic (exact) mass is 265 g/mol. The molecule has 0 amide bonds. The van der Waals surface area contributed by atoms with Crippen molar-refractivity contribution >= 4 is 11.8 Å². The molecular formula is C13H15NO5. The number of ether oxygens (including phenoxy) is 1. The third-order valence-electron chi connectivity index (χ3n) is 2.87. The molecule has 0 N–H and O–H groups in total. The van der Waals surface area contributed by atoms with Crippen molar-refractivity contribution in [1.82, 2.24) is 0 Å². The van der Waals surface area contributed by atoms with E-state index in [0.717, 1.165) is 7.11 Å². The molecule has 0 aliphatic carbocycles. The van der Waals surface area contributed by atoms with Crippen molar-refractivity contribution in [3.8, 4) is 0 Å². The molecular weight excluding hydrogens is 250 g/mol. The minimum atomic E-state index is -1.15. The van der Waals surface area contributed by atoms with Gasteiger partial charge in [0.05, 0.1) is 13.0 Å². The Kier molecular flexibility index (Phi) is 5.17. The van der Waals surface area contributed by atoms with Crippen LogP contribution < -0.4 is 0 Å². The van der Waals surface area contributed by atoms with Gasteiger partial charge in [0.25, 0.3) is 0 Å². The number of rotatable bonds is 6. The highest BCUT2D eigenvalue weighted by molar-refractivity contribution is 5.98. The summed E-state index contributed by atoms with van der Waals surface area (Å²) in [4.78, 5) is 33.5. The average molecular weight is 265 g/mol. The van der Waals surface area contributed by atoms with E-state index in [4.69, 9.17) is 0 Å². The molecule has 1 aromatic carbocycles. The summed E-state index contributed by atoms with van der Waals surface area (Å²) in [5, 5.41) is 10.8. The second-order valence-corrected chi connectivity index (χ2v) is 4.14. The van der Waals surface area contributed by atoms with Crippen molar-refractivity contribution in [2.24, 2.45) is 5.92 Å². The van der Waals surface area contributed by atoms with Gasteiger partial charge in [-0.05, 0) is 12.5 Å². The van der Waals surface area contributed by atoms with Gasteiger partial charge in [-0.1, -0.05) is 30.3 Å². The summed E-state index contributed by atoms with van der Waals surface area (Å²) in [6, 6.07) is 8.49. The lowest BCUT2D eigenvalue weighted by Gasteiger charge is -2.20. The zero-order valence-corrected chi connectivity index (χ0v) is 10.7. The van der Waals surface area contributed by atoms with E-state index in [9.17, 15) is 19.7 Å². The maximum absolute atomic E-state index is 11.7. The van der Waals surface area contributed by atoms with Gasteiger partial charge in [0.1, 0.15) is 11.7 Å². The van der Waals surface area contributed by atoms with Crippen LogP contribution in [0, 0.1) is 16.0 Å². The first kappa shape index (κ1) is 14.8. The Hall–Kier alpha value is -2.24. The number of carbonyl (C=O) groups excluding carboxylic acids is 2. The molecule has 2 atom stereocenters. The topological polar surface area (TPSA) is 86.5 Å². The second-order valence-electron chi connectivity index (χ2n) is 4.14. The maximum atomic E-state index is 11.7. The molecule has 0 fully saturated rings. The van der Waals surface area contributed by atoms with Crippen LogP contribution in [0.4, 0.5) is 0 Å². The second kappa shape index (κ2) is 6.63. The molecule has 0 aromatic heterocycles. The van der Waals surface area contributed by atoms with Gasteiger partial charge in [-0.2, -0.15) is 0 Å². The third kappa shape index (κ3) is 3.87. The lowest BCUT2D eigenvalue weighted by atomic mass is 9.83. The highest BCUT2D eigenvalue weighted by Gasteiger charge is 2.37. The van der Waals surface area contributed by atoms with Crippen molar-refractivity contribution in [2.45, 2.75) is 12.8 Å². The standard InChI is InChI=1S/C13H15NO5/c1-9(15)12(13(16)19-2)11(8-14(17)18)10-6-4-3-5-7-10/h3-7,11-12H,8H2,1-2H3/t11-,12?/m0/s1. The fraction of sp³-hybridized carbons (Fsp3) is 0.385. The van der Waals surface area contributed by atoms with Crippen LogP contribution in [0.25, 0.3) is 0 Å². The number of benzene rings is 1. The minimum Gasteiger partial charge on any atom is -0.468 e. The number of hydrogen-bond acceptors (Lipinski definition) is 5. The van der Waals surface area contributed by atoms with Gasteiger partial charge in [0.15, 0.2) is 0 Å². The fourth-order valence-electron chi connectivity index (χ4n) is 2.00. The van der Waals surface area contributed by atoms with E-state index < -0.39 is 35.1 Å². The van der Waals surface area contributed by atoms with E-state index in [1.807, 2.05) is 0 Å². The number of Topliss-reactive ketones (excluding diaryl/α,β-unsaturated/α-hetero) is 1. The molecule has 6 heteroatoms. The van der Waals surface area contributed by atoms with Crippen molar-refractivity contribution in [2.75, 3.05) is 13.7 Å². The number of esters is 1. The lowest BCUT2D eigenvalue weighted by molar-refractivity contribution is -0.484. The van der Waals surface area contributed by atoms with Crippen LogP contribution in [0.3, 0.4) is 0 Å². The first-order valence-corrected chi connectivity index (χ1v) is 5.72. The van der Waals surface area contributed by atoms with E-state index in [0.29, 0.717) is 5.56 Å². The predicted molar refractivity (Wildman–Crippen MR) is 67.2 cm³/mol. The van der Waals surface area contributed by atoms with Crippen LogP contribution in [0.15, 0.2) is 30.3 Å². The Labute approximate surface area is 110 Å². The summed E-state index contributed by atoms with van der Waals surface area (Å²) in [6.45, 7) is 0.737. The van der Waals surface area contributed by atoms with Crippen LogP contribution >= 0.6 is 0 Å². The number of nitrogens with zero attached hydrogens (tertiary/aromatic N) is 1. The summed E-state index contributed by atoms with van der Waals surface area (Å²) in [6.07, 6.45) is 0. The number of hydrogen-bond donors (Lipinski definition) is 0. The third-order valence-corrected chi connectivity index (χ3v) is 2.87. The molecule has 0 bridgehead atoms. The molecule has 0 radical (unpaired) electrons. The molecule has 1 aromatic rings. The predicted octanol–water partition coefficient (Wildman–Crippen LogP) is 1.43. The Balaban J connectivity index is 3.17. The average Bonchev–Trinajstić information content (AvgIpc) is 2.37. The Morgan fingerprint density at radius 3 is 2.32 bits per heavy atom. The van der Waals surface area contributed by atoms with Gasteiger partial charge in [0.2, 0.25) is 6.54 Å². The van der Waals surface area contributed by atoms with E-state index in [1.54, 1.807) is 30.3 Å². The van der Waals surface area contributed by atoms with Crippen LogP contribution in [-0.2, 0) is 14.3 Å². The van der Waals surface area contributed by atoms with Gasteiger partial charge in [0, 0.05) is 4.92 Å². The summed E-state index contributed by atoms with van der Waals surface area (Å²) in [5.74, 6) is -3.16. The zero-order valence-electron chi connectivity index (χ0n) is 10.7. The van der Waals surface area contributed by atoms with Gasteiger partial charge in [-0.3, -0.25) is 19.7 Å². The number of carbonyl (C=O) groups is 2. The summed E-state index contributed by atoms with van der Waals surface area (Å²) < 4.78 is 4.58. The molecule has 0 spiro atoms. The number of ketones is 1. The molecule has 0 aliphatic rings. The molecule has 1 rings (SSSR count). The van der Waals surface area contributed by atoms with Crippen molar-refractivity contribution in [3.63, 3.8) is 0 Å². The fourth-order valence-corrected chi connectivity index (χ4v) is 2.00. The molecule has 0 saturated carbocycles. The lowest BCUT2D eigenvalue weighted by Crippen LogP contribution is -2.33. The van der Waals surface area contributed by atoms with E-state index in [1.165, 1.54) is 6.92 Å². The SMILES string of the molecule is COC(=O)C(C(C)=O)[C@@H](C[N+](=O)[O-])c1ccccc1. The van der Waals surface area contributed by atoms with Gasteiger partial charge < -0.3 is 4.74 Å². The molecule has 0 aliphatic heterocycles. The van der Waals surface area contributed by atoms with Crippen LogP contribution in [-0.4, -0.2) is 30.3 Å². The Bertz CT molecular complexity index is 471. The van der Waals surface area contributed by atoms with Crippen molar-refractivity contribution < 1.29 is 19.2 Å². The van der Waals surface area contributed by atoms with E-state index >= 15 is 0 Å². The summed E-state index contributed by atoms with van der Waals surface area (Å²) in [7, 11) is 1.16. The van der Waals surface area contributed by atoms with Gasteiger partial charge in [-0.25, -0.2) is 0 Å². The molecule has 1 unspecified atom stereocenters. The quantitative estimate of drug-likeness (QED) is 0.336. The van der Waals surface area contributed by atoms with E-state index in [-0.39, 0.29) is 0 Å². The first-order valence-electron chi connectivity index (χ1n) is 5.72. The molecule has 6 nitrogen and oxygen atoms in total. The smallest absolute Gasteiger partial charge is 0.317 e. The Morgan fingerprint density at radius 2 is 1.89 bits per heavy atom. The van der Waals surface area contributed by atoms with Crippen LogP contribution in [0.1, 0.15) is 18.4 Å². The van der Waals surface area contributed by atoms with Gasteiger partial charge >= 0.3 is 5.97 Å². The van der Waals surface area contributed by atoms with Crippen LogP contribution in [0.2, 0.25) is 0 Å². The minimum absolute atomic E-state index is 0.442. The molecule has 102 valence electrons. The van der Waals surface area contributed by atoms with Crippen LogP contribution in [0.5, 0.6) is 0 Å². The Morgan fingerprint density at radius 1 is 1.32 bits per heavy atom. The van der Waals surface area contributed by atoms with E-state index in [2.05, 4.69) is 4.74 Å². The largest absolute Gasteiger partial charge is 0.468 e. The summed E-state index contributed by atoms with van der Waals surface area (Å²) in [5.41, 5.74) is 0.574. The van der Waals surface area contributed by atoms with Crippen molar-refractivity contribution in [1.29, 1.82) is 0 Å². The molecule has 0 heterocycles. The highest BCUT2D eigenvalue weighted by Crippen LogP contribution is 2.27. The zero-order chi connectivity index (χ0) is 14.4. The molecule has 0 saturated heterocycles. The van der Waals surface area contributed by atoms with Gasteiger partial charge in [-0.15, -0.1) is 0 Å². The molecule has 19 heavy (non-hydrogen) atoms. The maximum Gasteiger partial charge on any atom is 0.317 e.